The van der Waals surface area contributed by atoms with Crippen LogP contribution >= 0.6 is 0 Å². The molecule has 1 rings (SSSR count). The molecule has 0 fully saturated rings. The number of ether oxygens (including phenoxy) is 2. The van der Waals surface area contributed by atoms with Gasteiger partial charge in [-0.3, -0.25) is 0 Å². The monoisotopic (exact) mass is 197 g/mol. The van der Waals surface area contributed by atoms with Gasteiger partial charge in [-0.2, -0.15) is 4.98 Å². The Morgan fingerprint density at radius 2 is 1.93 bits per heavy atom. The van der Waals surface area contributed by atoms with E-state index < -0.39 is 5.54 Å². The largest absolute Gasteiger partial charge is 0.481 e. The zero-order valence-corrected chi connectivity index (χ0v) is 8.87. The maximum atomic E-state index is 5.92. The summed E-state index contributed by atoms with van der Waals surface area (Å²) in [6, 6.07) is 0.273. The van der Waals surface area contributed by atoms with Crippen molar-refractivity contribution in [3.63, 3.8) is 0 Å². The van der Waals surface area contributed by atoms with Crippen molar-refractivity contribution in [3.05, 3.63) is 11.8 Å². The lowest BCUT2D eigenvalue weighted by Gasteiger charge is -2.20. The van der Waals surface area contributed by atoms with Crippen LogP contribution in [0.4, 0.5) is 0 Å². The third-order valence-electron chi connectivity index (χ3n) is 1.80. The highest BCUT2D eigenvalue weighted by Crippen LogP contribution is 2.26. The third-order valence-corrected chi connectivity index (χ3v) is 1.80. The number of nitrogens with zero attached hydrogens (tertiary/aromatic N) is 2. The Labute approximate surface area is 83.3 Å². The van der Waals surface area contributed by atoms with Gasteiger partial charge < -0.3 is 15.2 Å². The fourth-order valence-electron chi connectivity index (χ4n) is 1.05. The van der Waals surface area contributed by atoms with Gasteiger partial charge in [-0.05, 0) is 13.8 Å². The fourth-order valence-corrected chi connectivity index (χ4v) is 1.05. The minimum atomic E-state index is -0.530. The van der Waals surface area contributed by atoms with Gasteiger partial charge in [0.25, 0.3) is 0 Å². The number of methoxy groups -OCH3 is 2. The Bertz CT molecular complexity index is 320. The van der Waals surface area contributed by atoms with Gasteiger partial charge >= 0.3 is 6.01 Å². The molecule has 0 aromatic carbocycles. The topological polar surface area (TPSA) is 70.3 Å². The van der Waals surface area contributed by atoms with E-state index in [2.05, 4.69) is 9.97 Å². The van der Waals surface area contributed by atoms with Crippen molar-refractivity contribution in [3.8, 4) is 11.9 Å². The van der Waals surface area contributed by atoms with E-state index in [-0.39, 0.29) is 6.01 Å². The first kappa shape index (κ1) is 10.7. The fraction of sp³-hybridized carbons (Fsp3) is 0.556. The third kappa shape index (κ3) is 2.11. The van der Waals surface area contributed by atoms with E-state index in [1.165, 1.54) is 14.2 Å². The summed E-state index contributed by atoms with van der Waals surface area (Å²) in [7, 11) is 3.04. The molecule has 1 aromatic rings. The molecule has 0 unspecified atom stereocenters. The summed E-state index contributed by atoms with van der Waals surface area (Å²) in [4.78, 5) is 8.02. The lowest BCUT2D eigenvalue weighted by atomic mass is 9.98. The molecule has 1 heterocycles. The van der Waals surface area contributed by atoms with E-state index in [0.717, 1.165) is 5.56 Å². The summed E-state index contributed by atoms with van der Waals surface area (Å²) in [6.45, 7) is 3.72. The Balaban J connectivity index is 3.18. The second-order valence-electron chi connectivity index (χ2n) is 3.50. The van der Waals surface area contributed by atoms with Crippen LogP contribution in [0.1, 0.15) is 19.4 Å². The van der Waals surface area contributed by atoms with Crippen LogP contribution in [0, 0.1) is 0 Å². The summed E-state index contributed by atoms with van der Waals surface area (Å²) < 4.78 is 9.98. The molecule has 0 saturated carbocycles. The first-order chi connectivity index (χ1) is 6.49. The lowest BCUT2D eigenvalue weighted by Crippen LogP contribution is -2.29. The molecule has 0 radical (unpaired) electrons. The van der Waals surface area contributed by atoms with Crippen LogP contribution in [0.25, 0.3) is 0 Å². The zero-order chi connectivity index (χ0) is 10.8. The number of aromatic nitrogens is 2. The average molecular weight is 197 g/mol. The standard InChI is InChI=1S/C9H15N3O2/c1-9(2,10)6-5-11-8(14-4)12-7(6)13-3/h5H,10H2,1-4H3. The van der Waals surface area contributed by atoms with Gasteiger partial charge in [0.2, 0.25) is 5.88 Å². The van der Waals surface area contributed by atoms with Crippen LogP contribution in [-0.4, -0.2) is 24.2 Å². The van der Waals surface area contributed by atoms with Crippen LogP contribution in [0.3, 0.4) is 0 Å². The van der Waals surface area contributed by atoms with Crippen LogP contribution in [0.5, 0.6) is 11.9 Å². The summed E-state index contributed by atoms with van der Waals surface area (Å²) in [5.41, 5.74) is 6.14. The van der Waals surface area contributed by atoms with Gasteiger partial charge in [-0.15, -0.1) is 0 Å². The average Bonchev–Trinajstić information content (AvgIpc) is 2.15. The van der Waals surface area contributed by atoms with E-state index in [1.54, 1.807) is 6.20 Å². The predicted octanol–water partition coefficient (Wildman–Crippen LogP) is 0.688. The SMILES string of the molecule is COc1ncc(C(C)(C)N)c(OC)n1. The molecule has 5 heteroatoms. The van der Waals surface area contributed by atoms with Crippen molar-refractivity contribution in [2.75, 3.05) is 14.2 Å². The smallest absolute Gasteiger partial charge is 0.319 e. The molecule has 0 aliphatic rings. The molecule has 78 valence electrons. The van der Waals surface area contributed by atoms with Crippen LogP contribution in [-0.2, 0) is 5.54 Å². The van der Waals surface area contributed by atoms with Crippen molar-refractivity contribution >= 4 is 0 Å². The van der Waals surface area contributed by atoms with Gasteiger partial charge in [0, 0.05) is 11.7 Å². The van der Waals surface area contributed by atoms with E-state index in [9.17, 15) is 0 Å². The number of nitrogens with two attached hydrogens (primary N) is 1. The van der Waals surface area contributed by atoms with Crippen molar-refractivity contribution in [1.29, 1.82) is 0 Å². The molecule has 2 N–H and O–H groups in total. The Morgan fingerprint density at radius 1 is 1.29 bits per heavy atom. The number of hydrogen-bond acceptors (Lipinski definition) is 5. The molecule has 0 spiro atoms. The lowest BCUT2D eigenvalue weighted by molar-refractivity contribution is 0.340. The van der Waals surface area contributed by atoms with Crippen molar-refractivity contribution in [1.82, 2.24) is 9.97 Å². The maximum absolute atomic E-state index is 5.92. The Morgan fingerprint density at radius 3 is 2.36 bits per heavy atom. The van der Waals surface area contributed by atoms with Gasteiger partial charge in [0.15, 0.2) is 0 Å². The summed E-state index contributed by atoms with van der Waals surface area (Å²) in [6.07, 6.45) is 1.62. The maximum Gasteiger partial charge on any atom is 0.319 e. The van der Waals surface area contributed by atoms with E-state index in [4.69, 9.17) is 15.2 Å². The van der Waals surface area contributed by atoms with E-state index >= 15 is 0 Å². The molecule has 0 aliphatic heterocycles. The quantitative estimate of drug-likeness (QED) is 0.771. The molecule has 14 heavy (non-hydrogen) atoms. The molecular weight excluding hydrogens is 182 g/mol. The van der Waals surface area contributed by atoms with Crippen LogP contribution in [0.2, 0.25) is 0 Å². The highest BCUT2D eigenvalue weighted by molar-refractivity contribution is 5.31. The highest BCUT2D eigenvalue weighted by Gasteiger charge is 2.21. The van der Waals surface area contributed by atoms with Gasteiger partial charge in [0.05, 0.1) is 19.8 Å². The van der Waals surface area contributed by atoms with E-state index in [0.29, 0.717) is 5.88 Å². The molecular formula is C9H15N3O2. The molecule has 5 nitrogen and oxygen atoms in total. The van der Waals surface area contributed by atoms with Crippen molar-refractivity contribution < 1.29 is 9.47 Å². The normalized spacial score (nSPS) is 11.2. The molecule has 0 aliphatic carbocycles. The van der Waals surface area contributed by atoms with Gasteiger partial charge in [-0.25, -0.2) is 4.98 Å². The van der Waals surface area contributed by atoms with Gasteiger partial charge in [-0.1, -0.05) is 0 Å². The second kappa shape index (κ2) is 3.79. The second-order valence-corrected chi connectivity index (χ2v) is 3.50. The highest BCUT2D eigenvalue weighted by atomic mass is 16.5. The Hall–Kier alpha value is -1.36. The summed E-state index contributed by atoms with van der Waals surface area (Å²) in [5.74, 6) is 0.448. The molecule has 1 aromatic heterocycles. The van der Waals surface area contributed by atoms with Crippen LogP contribution in [0.15, 0.2) is 6.20 Å². The molecule has 0 amide bonds. The zero-order valence-electron chi connectivity index (χ0n) is 8.87. The minimum absolute atomic E-state index is 0.273. The summed E-state index contributed by atoms with van der Waals surface area (Å²) >= 11 is 0. The number of hydrogen-bond donors (Lipinski definition) is 1. The predicted molar refractivity (Wildman–Crippen MR) is 52.3 cm³/mol. The van der Waals surface area contributed by atoms with Gasteiger partial charge in [0.1, 0.15) is 0 Å². The number of rotatable bonds is 3. The Kier molecular flexibility index (Phi) is 2.90. The molecule has 0 bridgehead atoms. The summed E-state index contributed by atoms with van der Waals surface area (Å²) in [5, 5.41) is 0. The molecule has 0 atom stereocenters. The van der Waals surface area contributed by atoms with Crippen molar-refractivity contribution in [2.45, 2.75) is 19.4 Å². The van der Waals surface area contributed by atoms with Crippen molar-refractivity contribution in [2.24, 2.45) is 5.73 Å². The van der Waals surface area contributed by atoms with Crippen LogP contribution < -0.4 is 15.2 Å². The minimum Gasteiger partial charge on any atom is -0.481 e. The first-order valence-electron chi connectivity index (χ1n) is 4.23. The van der Waals surface area contributed by atoms with E-state index in [1.807, 2.05) is 13.8 Å². The first-order valence-corrected chi connectivity index (χ1v) is 4.23. The molecule has 0 saturated heterocycles.